The maximum absolute atomic E-state index is 12.1. The zero-order valence-electron chi connectivity index (χ0n) is 9.95. The van der Waals surface area contributed by atoms with E-state index in [1.807, 2.05) is 31.3 Å². The van der Waals surface area contributed by atoms with E-state index in [-0.39, 0.29) is 11.9 Å². The number of likely N-dealkylation sites (N-methyl/N-ethyl adjacent to an activating group) is 1. The van der Waals surface area contributed by atoms with Gasteiger partial charge >= 0.3 is 0 Å². The van der Waals surface area contributed by atoms with E-state index in [4.69, 9.17) is 0 Å². The molecular formula is C13H17BrN2O. The van der Waals surface area contributed by atoms with Gasteiger partial charge in [-0.3, -0.25) is 4.79 Å². The zero-order chi connectivity index (χ0) is 12.3. The number of nitrogens with zero attached hydrogens (tertiary/aromatic N) is 1. The maximum Gasteiger partial charge on any atom is 0.239 e. The molecule has 4 heteroatoms. The van der Waals surface area contributed by atoms with Crippen LogP contribution >= 0.6 is 15.9 Å². The second-order valence-electron chi connectivity index (χ2n) is 4.47. The van der Waals surface area contributed by atoms with Crippen molar-refractivity contribution in [2.24, 2.45) is 0 Å². The third kappa shape index (κ3) is 3.30. The molecule has 1 aliphatic heterocycles. The number of carbonyl (C=O) groups is 1. The number of hydrogen-bond acceptors (Lipinski definition) is 2. The first kappa shape index (κ1) is 12.6. The Labute approximate surface area is 110 Å². The van der Waals surface area contributed by atoms with Crippen LogP contribution in [0.3, 0.4) is 0 Å². The molecule has 1 aliphatic rings. The lowest BCUT2D eigenvalue weighted by Crippen LogP contribution is -2.41. The summed E-state index contributed by atoms with van der Waals surface area (Å²) in [7, 11) is 1.86. The normalized spacial score (nSPS) is 19.3. The van der Waals surface area contributed by atoms with Crippen molar-refractivity contribution in [3.05, 3.63) is 34.3 Å². The third-order valence-electron chi connectivity index (χ3n) is 3.04. The third-order valence-corrected chi connectivity index (χ3v) is 3.54. The second-order valence-corrected chi connectivity index (χ2v) is 5.39. The van der Waals surface area contributed by atoms with Crippen LogP contribution in [-0.4, -0.2) is 30.4 Å². The fourth-order valence-corrected chi connectivity index (χ4v) is 2.60. The fraction of sp³-hybridized carbons (Fsp3) is 0.462. The molecule has 0 aromatic heterocycles. The van der Waals surface area contributed by atoms with Crippen LogP contribution < -0.4 is 5.32 Å². The molecule has 0 bridgehead atoms. The Kier molecular flexibility index (Phi) is 4.18. The topological polar surface area (TPSA) is 32.3 Å². The Bertz CT molecular complexity index is 402. The standard InChI is InChI=1S/C13H17BrN2O/c1-16(13(17)12-6-3-7-15-12)9-10-4-2-5-11(14)8-10/h2,4-5,8,12,15H,3,6-7,9H2,1H3/t12-/m0/s1. The molecule has 3 nitrogen and oxygen atoms in total. The molecule has 1 atom stereocenters. The average Bonchev–Trinajstić information content (AvgIpc) is 2.81. The molecule has 1 N–H and O–H groups in total. The van der Waals surface area contributed by atoms with Gasteiger partial charge in [0.15, 0.2) is 0 Å². The molecule has 1 aromatic carbocycles. The molecule has 1 heterocycles. The van der Waals surface area contributed by atoms with E-state index in [2.05, 4.69) is 21.2 Å². The smallest absolute Gasteiger partial charge is 0.239 e. The summed E-state index contributed by atoms with van der Waals surface area (Å²) in [5, 5.41) is 3.23. The van der Waals surface area contributed by atoms with Crippen molar-refractivity contribution in [1.82, 2.24) is 10.2 Å². The molecule has 0 radical (unpaired) electrons. The SMILES string of the molecule is CN(Cc1cccc(Br)c1)C(=O)[C@@H]1CCCN1. The van der Waals surface area contributed by atoms with Crippen molar-refractivity contribution in [3.63, 3.8) is 0 Å². The van der Waals surface area contributed by atoms with Crippen LogP contribution in [0.1, 0.15) is 18.4 Å². The van der Waals surface area contributed by atoms with Gasteiger partial charge in [0.1, 0.15) is 0 Å². The number of hydrogen-bond donors (Lipinski definition) is 1. The minimum Gasteiger partial charge on any atom is -0.340 e. The predicted octanol–water partition coefficient (Wildman–Crippen LogP) is 2.16. The van der Waals surface area contributed by atoms with Gasteiger partial charge in [-0.15, -0.1) is 0 Å². The highest BCUT2D eigenvalue weighted by molar-refractivity contribution is 9.10. The first-order chi connectivity index (χ1) is 8.16. The van der Waals surface area contributed by atoms with Crippen LogP contribution in [0.5, 0.6) is 0 Å². The Morgan fingerprint density at radius 2 is 2.41 bits per heavy atom. The Balaban J connectivity index is 1.96. The summed E-state index contributed by atoms with van der Waals surface area (Å²) in [5.41, 5.74) is 1.15. The van der Waals surface area contributed by atoms with Gasteiger partial charge < -0.3 is 10.2 Å². The van der Waals surface area contributed by atoms with Crippen molar-refractivity contribution < 1.29 is 4.79 Å². The van der Waals surface area contributed by atoms with Crippen molar-refractivity contribution in [2.75, 3.05) is 13.6 Å². The molecule has 1 fully saturated rings. The van der Waals surface area contributed by atoms with Crippen LogP contribution in [0.4, 0.5) is 0 Å². The first-order valence-electron chi connectivity index (χ1n) is 5.89. The minimum absolute atomic E-state index is 0.0205. The molecule has 0 spiro atoms. The largest absolute Gasteiger partial charge is 0.340 e. The highest BCUT2D eigenvalue weighted by Gasteiger charge is 2.24. The molecule has 0 unspecified atom stereocenters. The highest BCUT2D eigenvalue weighted by Crippen LogP contribution is 2.14. The lowest BCUT2D eigenvalue weighted by molar-refractivity contribution is -0.132. The molecule has 0 saturated carbocycles. The van der Waals surface area contributed by atoms with Gasteiger partial charge in [0.05, 0.1) is 6.04 Å². The van der Waals surface area contributed by atoms with Gasteiger partial charge in [0.25, 0.3) is 0 Å². The van der Waals surface area contributed by atoms with Crippen LogP contribution in [0, 0.1) is 0 Å². The van der Waals surface area contributed by atoms with Crippen molar-refractivity contribution in [3.8, 4) is 0 Å². The van der Waals surface area contributed by atoms with Gasteiger partial charge in [-0.1, -0.05) is 28.1 Å². The summed E-state index contributed by atoms with van der Waals surface area (Å²) in [6.07, 6.45) is 2.06. The Morgan fingerprint density at radius 1 is 1.59 bits per heavy atom. The Morgan fingerprint density at radius 3 is 3.06 bits per heavy atom. The molecule has 17 heavy (non-hydrogen) atoms. The first-order valence-corrected chi connectivity index (χ1v) is 6.69. The summed E-state index contributed by atoms with van der Waals surface area (Å²) < 4.78 is 1.05. The molecule has 1 amide bonds. The van der Waals surface area contributed by atoms with E-state index in [1.165, 1.54) is 0 Å². The van der Waals surface area contributed by atoms with Crippen LogP contribution in [0.25, 0.3) is 0 Å². The van der Waals surface area contributed by atoms with Crippen molar-refractivity contribution in [2.45, 2.75) is 25.4 Å². The number of nitrogens with one attached hydrogen (secondary N) is 1. The van der Waals surface area contributed by atoms with Crippen LogP contribution in [0.2, 0.25) is 0 Å². The highest BCUT2D eigenvalue weighted by atomic mass is 79.9. The number of benzene rings is 1. The number of carbonyl (C=O) groups excluding carboxylic acids is 1. The molecule has 2 rings (SSSR count). The quantitative estimate of drug-likeness (QED) is 0.927. The second kappa shape index (κ2) is 5.65. The van der Waals surface area contributed by atoms with Gasteiger partial charge in [0, 0.05) is 18.1 Å². The van der Waals surface area contributed by atoms with E-state index >= 15 is 0 Å². The fourth-order valence-electron chi connectivity index (χ4n) is 2.15. The van der Waals surface area contributed by atoms with E-state index < -0.39 is 0 Å². The van der Waals surface area contributed by atoms with E-state index in [9.17, 15) is 4.79 Å². The van der Waals surface area contributed by atoms with Gasteiger partial charge in [-0.05, 0) is 37.1 Å². The maximum atomic E-state index is 12.1. The summed E-state index contributed by atoms with van der Waals surface area (Å²) in [6.45, 7) is 1.62. The summed E-state index contributed by atoms with van der Waals surface area (Å²) in [4.78, 5) is 13.9. The molecule has 1 saturated heterocycles. The van der Waals surface area contributed by atoms with E-state index in [0.717, 1.165) is 29.4 Å². The summed E-state index contributed by atoms with van der Waals surface area (Å²) >= 11 is 3.44. The summed E-state index contributed by atoms with van der Waals surface area (Å²) in [6, 6.07) is 8.09. The van der Waals surface area contributed by atoms with Gasteiger partial charge in [0.2, 0.25) is 5.91 Å². The van der Waals surface area contributed by atoms with Crippen LogP contribution in [0.15, 0.2) is 28.7 Å². The lowest BCUT2D eigenvalue weighted by atomic mass is 10.1. The van der Waals surface area contributed by atoms with Crippen molar-refractivity contribution >= 4 is 21.8 Å². The van der Waals surface area contributed by atoms with E-state index in [1.54, 1.807) is 4.90 Å². The average molecular weight is 297 g/mol. The molecule has 92 valence electrons. The van der Waals surface area contributed by atoms with Crippen molar-refractivity contribution in [1.29, 1.82) is 0 Å². The molecular weight excluding hydrogens is 280 g/mol. The monoisotopic (exact) mass is 296 g/mol. The zero-order valence-corrected chi connectivity index (χ0v) is 11.5. The minimum atomic E-state index is 0.0205. The number of amides is 1. The number of rotatable bonds is 3. The van der Waals surface area contributed by atoms with Gasteiger partial charge in [-0.2, -0.15) is 0 Å². The predicted molar refractivity (Wildman–Crippen MR) is 71.6 cm³/mol. The lowest BCUT2D eigenvalue weighted by Gasteiger charge is -2.21. The molecule has 0 aliphatic carbocycles. The van der Waals surface area contributed by atoms with Gasteiger partial charge in [-0.25, -0.2) is 0 Å². The Hall–Kier alpha value is -0.870. The summed E-state index contributed by atoms with van der Waals surface area (Å²) in [5.74, 6) is 0.197. The van der Waals surface area contributed by atoms with E-state index in [0.29, 0.717) is 6.54 Å². The molecule has 1 aromatic rings. The number of halogens is 1. The van der Waals surface area contributed by atoms with Crippen LogP contribution in [-0.2, 0) is 11.3 Å².